The number of aryl methyl sites for hydroxylation is 1. The van der Waals surface area contributed by atoms with E-state index in [4.69, 9.17) is 15.9 Å². The van der Waals surface area contributed by atoms with Gasteiger partial charge in [-0.25, -0.2) is 9.48 Å². The molecule has 0 aliphatic heterocycles. The third-order valence-electron chi connectivity index (χ3n) is 3.78. The summed E-state index contributed by atoms with van der Waals surface area (Å²) in [5.41, 5.74) is 6.46. The van der Waals surface area contributed by atoms with Crippen LogP contribution in [0.5, 0.6) is 0 Å². The zero-order valence-electron chi connectivity index (χ0n) is 15.5. The van der Waals surface area contributed by atoms with Gasteiger partial charge in [0.2, 0.25) is 0 Å². The summed E-state index contributed by atoms with van der Waals surface area (Å²) in [6, 6.07) is 8.11. The van der Waals surface area contributed by atoms with E-state index in [-0.39, 0.29) is 31.2 Å². The Kier molecular flexibility index (Phi) is 6.99. The van der Waals surface area contributed by atoms with Crippen molar-refractivity contribution >= 4 is 17.7 Å². The maximum absolute atomic E-state index is 12.4. The van der Waals surface area contributed by atoms with Crippen LogP contribution >= 0.6 is 0 Å². The predicted molar refractivity (Wildman–Crippen MR) is 101 cm³/mol. The molecule has 4 N–H and O–H groups in total. The molecule has 0 aliphatic carbocycles. The van der Waals surface area contributed by atoms with Gasteiger partial charge >= 0.3 is 5.97 Å². The maximum atomic E-state index is 12.4. The number of esters is 1. The Labute approximate surface area is 160 Å². The predicted octanol–water partition coefficient (Wildman–Crippen LogP) is -0.349. The lowest BCUT2D eigenvalue weighted by Gasteiger charge is -2.09. The first-order chi connectivity index (χ1) is 13.3. The van der Waals surface area contributed by atoms with Gasteiger partial charge in [-0.1, -0.05) is 24.3 Å². The number of carbonyl (C=O) groups is 2. The standard InChI is InChI=1S/C18H21N5O5/c1-23-18(26)13(17(25)21-7-8-28-10-15(24)27-2)9-14(22-23)11-3-5-12(6-4-11)16(19)20/h3-6,9H,7-8,10H2,1-2H3,(H3,19,20)(H,21,25). The summed E-state index contributed by atoms with van der Waals surface area (Å²) in [5.74, 6) is -1.16. The molecule has 0 saturated heterocycles. The SMILES string of the molecule is COC(=O)COCCNC(=O)c1cc(-c2ccc(C(=N)N)cc2)nn(C)c1=O. The van der Waals surface area contributed by atoms with Crippen molar-refractivity contribution in [2.75, 3.05) is 26.9 Å². The van der Waals surface area contributed by atoms with Crippen molar-refractivity contribution in [1.29, 1.82) is 5.41 Å². The Morgan fingerprint density at radius 1 is 1.29 bits per heavy atom. The van der Waals surface area contributed by atoms with Crippen LogP contribution in [0.15, 0.2) is 35.1 Å². The molecule has 0 spiro atoms. The average molecular weight is 387 g/mol. The summed E-state index contributed by atoms with van der Waals surface area (Å²) in [5, 5.41) is 14.1. The van der Waals surface area contributed by atoms with Crippen LogP contribution in [0.3, 0.4) is 0 Å². The van der Waals surface area contributed by atoms with Crippen LogP contribution < -0.4 is 16.6 Å². The van der Waals surface area contributed by atoms with Crippen LogP contribution in [-0.2, 0) is 21.3 Å². The summed E-state index contributed by atoms with van der Waals surface area (Å²) >= 11 is 0. The summed E-state index contributed by atoms with van der Waals surface area (Å²) in [6.45, 7) is -0.0145. The van der Waals surface area contributed by atoms with E-state index in [0.717, 1.165) is 4.68 Å². The number of hydrogen-bond donors (Lipinski definition) is 3. The fourth-order valence-corrected chi connectivity index (χ4v) is 2.28. The summed E-state index contributed by atoms with van der Waals surface area (Å²) in [6.07, 6.45) is 0. The van der Waals surface area contributed by atoms with Gasteiger partial charge in [0.25, 0.3) is 11.5 Å². The largest absolute Gasteiger partial charge is 0.467 e. The lowest BCUT2D eigenvalue weighted by atomic mass is 10.1. The van der Waals surface area contributed by atoms with Crippen LogP contribution in [0.25, 0.3) is 11.3 Å². The van der Waals surface area contributed by atoms with Crippen LogP contribution in [0.1, 0.15) is 15.9 Å². The van der Waals surface area contributed by atoms with Gasteiger partial charge < -0.3 is 20.5 Å². The number of amidine groups is 1. The highest BCUT2D eigenvalue weighted by Crippen LogP contribution is 2.17. The van der Waals surface area contributed by atoms with Crippen LogP contribution in [0.4, 0.5) is 0 Å². The summed E-state index contributed by atoms with van der Waals surface area (Å²) in [7, 11) is 2.70. The highest BCUT2D eigenvalue weighted by atomic mass is 16.6. The Balaban J connectivity index is 2.12. The number of amides is 1. The van der Waals surface area contributed by atoms with Crippen LogP contribution in [0, 0.1) is 5.41 Å². The minimum absolute atomic E-state index is 0.0607. The minimum Gasteiger partial charge on any atom is -0.467 e. The molecule has 0 saturated carbocycles. The van der Waals surface area contributed by atoms with Crippen molar-refractivity contribution in [3.63, 3.8) is 0 Å². The first-order valence-corrected chi connectivity index (χ1v) is 8.29. The van der Waals surface area contributed by atoms with E-state index in [1.54, 1.807) is 24.3 Å². The van der Waals surface area contributed by atoms with Crippen LogP contribution in [-0.4, -0.2) is 54.4 Å². The van der Waals surface area contributed by atoms with Gasteiger partial charge in [0, 0.05) is 24.7 Å². The van der Waals surface area contributed by atoms with Gasteiger partial charge in [-0.2, -0.15) is 5.10 Å². The van der Waals surface area contributed by atoms with E-state index in [1.807, 2.05) is 0 Å². The number of aromatic nitrogens is 2. The van der Waals surface area contributed by atoms with E-state index in [1.165, 1.54) is 20.2 Å². The molecule has 1 amide bonds. The molecule has 1 aromatic heterocycles. The normalized spacial score (nSPS) is 10.4. The van der Waals surface area contributed by atoms with Gasteiger partial charge in [0.1, 0.15) is 18.0 Å². The second kappa shape index (κ2) is 9.42. The van der Waals surface area contributed by atoms with E-state index in [0.29, 0.717) is 16.8 Å². The van der Waals surface area contributed by atoms with E-state index in [2.05, 4.69) is 15.2 Å². The molecule has 0 unspecified atom stereocenters. The molecular weight excluding hydrogens is 366 g/mol. The number of rotatable bonds is 8. The highest BCUT2D eigenvalue weighted by molar-refractivity contribution is 5.96. The first-order valence-electron chi connectivity index (χ1n) is 8.29. The van der Waals surface area contributed by atoms with Crippen molar-refractivity contribution in [3.8, 4) is 11.3 Å². The number of nitrogen functional groups attached to an aromatic ring is 1. The molecule has 0 aliphatic rings. The number of nitrogens with zero attached hydrogens (tertiary/aromatic N) is 2. The van der Waals surface area contributed by atoms with Crippen molar-refractivity contribution in [2.45, 2.75) is 0 Å². The molecule has 28 heavy (non-hydrogen) atoms. The average Bonchev–Trinajstić information content (AvgIpc) is 2.69. The summed E-state index contributed by atoms with van der Waals surface area (Å²) < 4.78 is 10.5. The topological polar surface area (TPSA) is 149 Å². The van der Waals surface area contributed by atoms with E-state index >= 15 is 0 Å². The first kappa shape index (κ1) is 20.8. The second-order valence-electron chi connectivity index (χ2n) is 5.75. The minimum atomic E-state index is -0.578. The van der Waals surface area contributed by atoms with Gasteiger partial charge in [-0.15, -0.1) is 0 Å². The molecule has 0 fully saturated rings. The van der Waals surface area contributed by atoms with Gasteiger partial charge in [-0.3, -0.25) is 15.0 Å². The number of benzene rings is 1. The Morgan fingerprint density at radius 2 is 1.96 bits per heavy atom. The monoisotopic (exact) mass is 387 g/mol. The van der Waals surface area contributed by atoms with E-state index in [9.17, 15) is 14.4 Å². The zero-order valence-corrected chi connectivity index (χ0v) is 15.5. The lowest BCUT2D eigenvalue weighted by molar-refractivity contribution is -0.145. The molecule has 0 atom stereocenters. The third-order valence-corrected chi connectivity index (χ3v) is 3.78. The number of nitrogens with one attached hydrogen (secondary N) is 2. The second-order valence-corrected chi connectivity index (χ2v) is 5.75. The van der Waals surface area contributed by atoms with Crippen LogP contribution in [0.2, 0.25) is 0 Å². The molecular formula is C18H21N5O5. The zero-order chi connectivity index (χ0) is 20.7. The molecule has 2 aromatic rings. The maximum Gasteiger partial charge on any atom is 0.331 e. The molecule has 1 aromatic carbocycles. The molecule has 10 heteroatoms. The van der Waals surface area contributed by atoms with E-state index < -0.39 is 17.4 Å². The molecule has 0 radical (unpaired) electrons. The van der Waals surface area contributed by atoms with Gasteiger partial charge in [0.15, 0.2) is 0 Å². The fraction of sp³-hybridized carbons (Fsp3) is 0.278. The Morgan fingerprint density at radius 3 is 2.57 bits per heavy atom. The van der Waals surface area contributed by atoms with Gasteiger partial charge in [0.05, 0.1) is 19.4 Å². The number of nitrogens with two attached hydrogens (primary N) is 1. The number of ether oxygens (including phenoxy) is 2. The number of hydrogen-bond acceptors (Lipinski definition) is 7. The quantitative estimate of drug-likeness (QED) is 0.242. The lowest BCUT2D eigenvalue weighted by Crippen LogP contribution is -2.35. The van der Waals surface area contributed by atoms with Gasteiger partial charge in [-0.05, 0) is 6.07 Å². The molecule has 1 heterocycles. The molecule has 2 rings (SSSR count). The molecule has 10 nitrogen and oxygen atoms in total. The van der Waals surface area contributed by atoms with Crippen molar-refractivity contribution in [2.24, 2.45) is 12.8 Å². The third kappa shape index (κ3) is 5.24. The Hall–Kier alpha value is -3.53. The van der Waals surface area contributed by atoms with Crippen molar-refractivity contribution < 1.29 is 19.1 Å². The number of methoxy groups -OCH3 is 1. The Bertz CT molecular complexity index is 936. The molecule has 148 valence electrons. The highest BCUT2D eigenvalue weighted by Gasteiger charge is 2.15. The number of carbonyl (C=O) groups excluding carboxylic acids is 2. The summed E-state index contributed by atoms with van der Waals surface area (Å²) in [4.78, 5) is 35.5. The fourth-order valence-electron chi connectivity index (χ4n) is 2.28. The smallest absolute Gasteiger partial charge is 0.331 e. The van der Waals surface area contributed by atoms with Crippen molar-refractivity contribution in [1.82, 2.24) is 15.1 Å². The van der Waals surface area contributed by atoms with Crippen molar-refractivity contribution in [3.05, 3.63) is 51.8 Å². The molecule has 0 bridgehead atoms.